The van der Waals surface area contributed by atoms with Gasteiger partial charge in [0.15, 0.2) is 29.0 Å². The molecule has 4 aromatic heterocycles. The molecule has 10 rings (SSSR count). The Morgan fingerprint density at radius 1 is 0.534 bits per heavy atom. The Morgan fingerprint density at radius 2 is 1.21 bits per heavy atom. The molecule has 0 saturated carbocycles. The van der Waals surface area contributed by atoms with Gasteiger partial charge < -0.3 is 0 Å². The third-order valence-corrected chi connectivity index (χ3v) is 12.4. The fourth-order valence-electron chi connectivity index (χ4n) is 7.35. The highest BCUT2D eigenvalue weighted by Crippen LogP contribution is 2.43. The summed E-state index contributed by atoms with van der Waals surface area (Å²) in [6, 6.07) is 47.0. The molecular weight excluding hydrogens is 749 g/mol. The molecule has 0 saturated heterocycles. The van der Waals surface area contributed by atoms with E-state index in [0.717, 1.165) is 85.1 Å². The molecule has 0 spiro atoms. The van der Waals surface area contributed by atoms with Crippen LogP contribution in [0.15, 0.2) is 171 Å². The highest BCUT2D eigenvalue weighted by molar-refractivity contribution is 7.26. The summed E-state index contributed by atoms with van der Waals surface area (Å²) in [7, 11) is 0. The van der Waals surface area contributed by atoms with Crippen molar-refractivity contribution in [2.75, 3.05) is 0 Å². The number of hydrogen-bond donors (Lipinski definition) is 0. The molecular formula is C50H30N6S2. The van der Waals surface area contributed by atoms with Crippen molar-refractivity contribution in [3.63, 3.8) is 0 Å². The molecule has 6 nitrogen and oxygen atoms in total. The molecule has 10 aromatic rings. The predicted molar refractivity (Wildman–Crippen MR) is 243 cm³/mol. The lowest BCUT2D eigenvalue weighted by atomic mass is 10.0. The second-order valence-electron chi connectivity index (χ2n) is 13.6. The van der Waals surface area contributed by atoms with Crippen LogP contribution in [0.3, 0.4) is 0 Å². The lowest BCUT2D eigenvalue weighted by Gasteiger charge is -2.10. The Balaban J connectivity index is 1.11. The summed E-state index contributed by atoms with van der Waals surface area (Å²) >= 11 is 3.43. The molecule has 0 aliphatic rings. The number of aromatic nitrogens is 5. The molecule has 0 unspecified atom stereocenters. The van der Waals surface area contributed by atoms with E-state index in [1.807, 2.05) is 91.0 Å². The maximum absolute atomic E-state index is 7.43. The van der Waals surface area contributed by atoms with Crippen LogP contribution >= 0.6 is 22.7 Å². The number of hydrogen-bond acceptors (Lipinski definition) is 7. The molecule has 0 radical (unpaired) electrons. The average Bonchev–Trinajstić information content (AvgIpc) is 3.86. The van der Waals surface area contributed by atoms with Gasteiger partial charge in [-0.2, -0.15) is 0 Å². The van der Waals surface area contributed by atoms with Crippen molar-refractivity contribution in [1.82, 2.24) is 24.9 Å². The quantitative estimate of drug-likeness (QED) is 0.113. The van der Waals surface area contributed by atoms with Crippen molar-refractivity contribution < 1.29 is 0 Å². The molecule has 272 valence electrons. The summed E-state index contributed by atoms with van der Waals surface area (Å²) in [4.78, 5) is 29.2. The van der Waals surface area contributed by atoms with Crippen LogP contribution in [0.1, 0.15) is 5.69 Å². The summed E-state index contributed by atoms with van der Waals surface area (Å²) in [6.07, 6.45) is 5.55. The lowest BCUT2D eigenvalue weighted by molar-refractivity contribution is 1.08. The fraction of sp³-hybridized carbons (Fsp3) is 0. The third-order valence-electron chi connectivity index (χ3n) is 10.1. The van der Waals surface area contributed by atoms with E-state index in [1.165, 1.54) is 0 Å². The van der Waals surface area contributed by atoms with Crippen molar-refractivity contribution >= 4 is 74.4 Å². The number of benzene rings is 6. The van der Waals surface area contributed by atoms with Gasteiger partial charge in [0.2, 0.25) is 0 Å². The zero-order valence-corrected chi connectivity index (χ0v) is 32.6. The maximum Gasteiger partial charge on any atom is 0.187 e. The van der Waals surface area contributed by atoms with Crippen LogP contribution < -0.4 is 0 Å². The molecule has 0 aliphatic carbocycles. The average molecular weight is 779 g/mol. The van der Waals surface area contributed by atoms with E-state index in [-0.39, 0.29) is 0 Å². The van der Waals surface area contributed by atoms with Gasteiger partial charge in [0, 0.05) is 58.1 Å². The van der Waals surface area contributed by atoms with Crippen LogP contribution in [0.4, 0.5) is 5.69 Å². The molecule has 0 N–H and O–H groups in total. The first-order valence-electron chi connectivity index (χ1n) is 18.6. The van der Waals surface area contributed by atoms with E-state index in [0.29, 0.717) is 29.0 Å². The first-order valence-corrected chi connectivity index (χ1v) is 20.2. The summed E-state index contributed by atoms with van der Waals surface area (Å²) in [5.41, 5.74) is 8.92. The second-order valence-corrected chi connectivity index (χ2v) is 15.8. The predicted octanol–water partition coefficient (Wildman–Crippen LogP) is 14.0. The summed E-state index contributed by atoms with van der Waals surface area (Å²) in [5, 5.41) is 3.30. The second kappa shape index (κ2) is 14.6. The van der Waals surface area contributed by atoms with E-state index in [9.17, 15) is 0 Å². The molecule has 4 heterocycles. The molecule has 58 heavy (non-hydrogen) atoms. The highest BCUT2D eigenvalue weighted by atomic mass is 32.1. The van der Waals surface area contributed by atoms with E-state index < -0.39 is 0 Å². The van der Waals surface area contributed by atoms with Gasteiger partial charge in [0.25, 0.3) is 0 Å². The Labute approximate surface area is 342 Å². The lowest BCUT2D eigenvalue weighted by Crippen LogP contribution is -2.00. The fourth-order valence-corrected chi connectivity index (χ4v) is 9.67. The Bertz CT molecular complexity index is 3330. The normalized spacial score (nSPS) is 11.7. The number of allylic oxidation sites excluding steroid dienone is 4. The van der Waals surface area contributed by atoms with Gasteiger partial charge in [0.1, 0.15) is 0 Å². The number of thiophene rings is 2. The van der Waals surface area contributed by atoms with Gasteiger partial charge in [-0.15, -0.1) is 22.7 Å². The largest absolute Gasteiger partial charge is 0.238 e. The monoisotopic (exact) mass is 778 g/mol. The standard InChI is InChI=1S/C50H30N6S2/c1-4-13-30(5-2)44-46-45(38-18-9-10-20-40(38)58-46)53-49(52-44)35-26-27-37-42(29-35)57-41-21-12-19-39(43(37)41)50-55-47(32-14-7-6-8-15-32)54-48(56-50)33-24-22-31(23-25-33)34-16-11-17-36(28-34)51-3/h4-29H,1-2H2/b30-13+. The maximum atomic E-state index is 7.43. The molecule has 0 bridgehead atoms. The summed E-state index contributed by atoms with van der Waals surface area (Å²) < 4.78 is 4.43. The molecule has 0 fully saturated rings. The smallest absolute Gasteiger partial charge is 0.187 e. The van der Waals surface area contributed by atoms with Gasteiger partial charge in [-0.05, 0) is 35.4 Å². The molecule has 0 atom stereocenters. The van der Waals surface area contributed by atoms with Crippen LogP contribution in [0.2, 0.25) is 0 Å². The number of rotatable bonds is 8. The van der Waals surface area contributed by atoms with Gasteiger partial charge in [-0.25, -0.2) is 29.8 Å². The van der Waals surface area contributed by atoms with Crippen molar-refractivity contribution in [2.45, 2.75) is 0 Å². The number of nitrogens with zero attached hydrogens (tertiary/aromatic N) is 6. The minimum atomic E-state index is 0.581. The van der Waals surface area contributed by atoms with Crippen LogP contribution in [0.25, 0.3) is 108 Å². The van der Waals surface area contributed by atoms with Crippen molar-refractivity contribution in [2.24, 2.45) is 0 Å². The Kier molecular flexibility index (Phi) is 8.79. The van der Waals surface area contributed by atoms with Crippen LogP contribution in [-0.2, 0) is 0 Å². The van der Waals surface area contributed by atoms with E-state index >= 15 is 0 Å². The van der Waals surface area contributed by atoms with Crippen LogP contribution in [0, 0.1) is 6.57 Å². The molecule has 0 aliphatic heterocycles. The third kappa shape index (κ3) is 6.16. The van der Waals surface area contributed by atoms with Crippen molar-refractivity contribution in [1.29, 1.82) is 0 Å². The Hall–Kier alpha value is -7.44. The Morgan fingerprint density at radius 3 is 2.00 bits per heavy atom. The highest BCUT2D eigenvalue weighted by Gasteiger charge is 2.20. The van der Waals surface area contributed by atoms with E-state index in [2.05, 4.69) is 78.7 Å². The molecule has 6 aromatic carbocycles. The minimum absolute atomic E-state index is 0.581. The minimum Gasteiger partial charge on any atom is -0.238 e. The van der Waals surface area contributed by atoms with E-state index in [4.69, 9.17) is 31.5 Å². The van der Waals surface area contributed by atoms with Crippen LogP contribution in [0.5, 0.6) is 0 Å². The topological polar surface area (TPSA) is 68.8 Å². The van der Waals surface area contributed by atoms with Crippen LogP contribution in [-0.4, -0.2) is 24.9 Å². The summed E-state index contributed by atoms with van der Waals surface area (Å²) in [5.74, 6) is 2.43. The van der Waals surface area contributed by atoms with Crippen molar-refractivity contribution in [3.05, 3.63) is 188 Å². The first kappa shape index (κ1) is 35.0. The SMILES string of the molecule is [C-]#[N+]c1cccc(-c2ccc(-c3nc(-c4ccccc4)nc(-c4cccc5sc6cc(-c7nc(/C(C=C)=C/C=C)c8sc9ccccc9c8n7)ccc6c45)n3)cc2)c1. The summed E-state index contributed by atoms with van der Waals surface area (Å²) in [6.45, 7) is 15.5. The van der Waals surface area contributed by atoms with Gasteiger partial charge in [0.05, 0.1) is 22.5 Å². The molecule has 8 heteroatoms. The van der Waals surface area contributed by atoms with E-state index in [1.54, 1.807) is 28.7 Å². The zero-order valence-electron chi connectivity index (χ0n) is 30.9. The molecule has 0 amide bonds. The van der Waals surface area contributed by atoms with Gasteiger partial charge in [-0.1, -0.05) is 147 Å². The van der Waals surface area contributed by atoms with Gasteiger partial charge >= 0.3 is 0 Å². The first-order chi connectivity index (χ1) is 28.6. The van der Waals surface area contributed by atoms with Crippen molar-refractivity contribution in [3.8, 4) is 56.7 Å². The van der Waals surface area contributed by atoms with Gasteiger partial charge in [-0.3, -0.25) is 0 Å². The zero-order chi connectivity index (χ0) is 39.2. The number of fused-ring (bicyclic) bond motifs is 6.